The van der Waals surface area contributed by atoms with E-state index in [1.807, 2.05) is 0 Å². The Morgan fingerprint density at radius 2 is 1.81 bits per heavy atom. The Hall–Kier alpha value is -1.87. The van der Waals surface area contributed by atoms with E-state index >= 15 is 0 Å². The van der Waals surface area contributed by atoms with Crippen LogP contribution in [0.25, 0.3) is 0 Å². The van der Waals surface area contributed by atoms with Gasteiger partial charge in [0, 0.05) is 12.1 Å². The highest BCUT2D eigenvalue weighted by Crippen LogP contribution is 2.26. The maximum absolute atomic E-state index is 13.3. The highest BCUT2D eigenvalue weighted by Gasteiger charge is 2.24. The first-order valence-electron chi connectivity index (χ1n) is 5.74. The van der Waals surface area contributed by atoms with Crippen LogP contribution in [0.15, 0.2) is 6.07 Å². The van der Waals surface area contributed by atoms with Gasteiger partial charge in [-0.05, 0) is 0 Å². The highest BCUT2D eigenvalue weighted by molar-refractivity contribution is 5.69. The van der Waals surface area contributed by atoms with Crippen molar-refractivity contribution >= 4 is 5.97 Å². The van der Waals surface area contributed by atoms with Crippen molar-refractivity contribution in [3.05, 3.63) is 29.3 Å². The molecule has 0 saturated heterocycles. The van der Waals surface area contributed by atoms with E-state index in [4.69, 9.17) is 5.73 Å². The molecule has 9 heteroatoms. The number of carbonyl (C=O) groups is 1. The molecule has 0 fully saturated rings. The second-order valence-corrected chi connectivity index (χ2v) is 4.12. The molecule has 0 heterocycles. The lowest BCUT2D eigenvalue weighted by Crippen LogP contribution is -2.40. The number of halogens is 4. The lowest BCUT2D eigenvalue weighted by molar-refractivity contribution is -0.141. The number of nitrogens with two attached hydrogens (primary N) is 1. The lowest BCUT2D eigenvalue weighted by Gasteiger charge is -2.18. The number of methoxy groups -OCH3 is 1. The van der Waals surface area contributed by atoms with Crippen LogP contribution >= 0.6 is 0 Å². The van der Waals surface area contributed by atoms with Crippen LogP contribution in [-0.2, 0) is 9.53 Å². The van der Waals surface area contributed by atoms with Gasteiger partial charge in [-0.3, -0.25) is 4.79 Å². The van der Waals surface area contributed by atoms with Gasteiger partial charge in [0.1, 0.15) is 12.7 Å². The van der Waals surface area contributed by atoms with Gasteiger partial charge in [-0.15, -0.1) is 0 Å². The summed E-state index contributed by atoms with van der Waals surface area (Å²) in [5.41, 5.74) is 5.43. The van der Waals surface area contributed by atoms with E-state index in [-0.39, 0.29) is 12.5 Å². The van der Waals surface area contributed by atoms with Crippen LogP contribution in [-0.4, -0.2) is 36.9 Å². The van der Waals surface area contributed by atoms with Crippen LogP contribution in [0.2, 0.25) is 0 Å². The zero-order valence-corrected chi connectivity index (χ0v) is 10.9. The molecule has 0 spiro atoms. The number of carbonyl (C=O) groups excluding carboxylic acids is 1. The van der Waals surface area contributed by atoms with E-state index in [2.05, 4.69) is 9.47 Å². The summed E-state index contributed by atoms with van der Waals surface area (Å²) in [4.78, 5) is 10.9. The van der Waals surface area contributed by atoms with Crippen LogP contribution in [0.1, 0.15) is 6.42 Å². The van der Waals surface area contributed by atoms with Crippen LogP contribution in [0.4, 0.5) is 17.6 Å². The smallest absolute Gasteiger partial charge is 0.307 e. The number of aliphatic hydroxyl groups excluding tert-OH is 1. The van der Waals surface area contributed by atoms with Crippen LogP contribution in [0, 0.1) is 23.3 Å². The first-order valence-corrected chi connectivity index (χ1v) is 5.74. The third-order valence-corrected chi connectivity index (χ3v) is 2.59. The van der Waals surface area contributed by atoms with Crippen LogP contribution < -0.4 is 10.5 Å². The normalized spacial score (nSPS) is 13.7. The second-order valence-electron chi connectivity index (χ2n) is 4.12. The molecule has 0 aliphatic rings. The Bertz CT molecular complexity index is 500. The van der Waals surface area contributed by atoms with Crippen LogP contribution in [0.3, 0.4) is 0 Å². The minimum atomic E-state index is -1.73. The molecule has 0 bridgehead atoms. The zero-order valence-electron chi connectivity index (χ0n) is 10.9. The monoisotopic (exact) mass is 311 g/mol. The highest BCUT2D eigenvalue weighted by atomic mass is 19.2. The fourth-order valence-corrected chi connectivity index (χ4v) is 1.38. The predicted octanol–water partition coefficient (Wildman–Crippen LogP) is 0.873. The minimum absolute atomic E-state index is 0.0247. The van der Waals surface area contributed by atoms with E-state index in [9.17, 15) is 27.5 Å². The second kappa shape index (κ2) is 7.23. The standard InChI is InChI=1S/C12H13F4NO4/c1-20-9(19)3-7(17)8(18)4-21-12-10(15)5(13)2-6(14)11(12)16/h2,7-8,18H,3-4,17H2,1H3. The summed E-state index contributed by atoms with van der Waals surface area (Å²) in [6.07, 6.45) is -1.88. The Morgan fingerprint density at radius 1 is 1.29 bits per heavy atom. The van der Waals surface area contributed by atoms with Crippen LogP contribution in [0.5, 0.6) is 5.75 Å². The fourth-order valence-electron chi connectivity index (χ4n) is 1.38. The van der Waals surface area contributed by atoms with Gasteiger partial charge in [0.05, 0.1) is 13.5 Å². The van der Waals surface area contributed by atoms with E-state index in [0.29, 0.717) is 0 Å². The van der Waals surface area contributed by atoms with Crippen molar-refractivity contribution in [2.24, 2.45) is 5.73 Å². The Kier molecular flexibility index (Phi) is 5.91. The molecule has 0 aromatic heterocycles. The van der Waals surface area contributed by atoms with Gasteiger partial charge in [-0.1, -0.05) is 0 Å². The van der Waals surface area contributed by atoms with Gasteiger partial charge in [0.15, 0.2) is 17.4 Å². The lowest BCUT2D eigenvalue weighted by atomic mass is 10.1. The Balaban J connectivity index is 2.73. The van der Waals surface area contributed by atoms with Crippen molar-refractivity contribution in [3.63, 3.8) is 0 Å². The maximum Gasteiger partial charge on any atom is 0.307 e. The summed E-state index contributed by atoms with van der Waals surface area (Å²) in [5, 5.41) is 9.55. The summed E-state index contributed by atoms with van der Waals surface area (Å²) in [6, 6.07) is -1.11. The molecule has 3 N–H and O–H groups in total. The van der Waals surface area contributed by atoms with E-state index in [0.717, 1.165) is 7.11 Å². The predicted molar refractivity (Wildman–Crippen MR) is 62.4 cm³/mol. The van der Waals surface area contributed by atoms with Crippen molar-refractivity contribution in [2.75, 3.05) is 13.7 Å². The number of ether oxygens (including phenoxy) is 2. The van der Waals surface area contributed by atoms with Gasteiger partial charge in [-0.25, -0.2) is 8.78 Å². The molecule has 1 aromatic carbocycles. The average Bonchev–Trinajstić information content (AvgIpc) is 2.44. The van der Waals surface area contributed by atoms with Gasteiger partial charge < -0.3 is 20.3 Å². The molecule has 5 nitrogen and oxygen atoms in total. The molecular weight excluding hydrogens is 298 g/mol. The molecule has 2 atom stereocenters. The maximum atomic E-state index is 13.3. The van der Waals surface area contributed by atoms with Crippen molar-refractivity contribution < 1.29 is 36.9 Å². The number of rotatable bonds is 6. The summed E-state index contributed by atoms with van der Waals surface area (Å²) < 4.78 is 61.2. The summed E-state index contributed by atoms with van der Waals surface area (Å²) in [5.74, 6) is -8.77. The average molecular weight is 311 g/mol. The zero-order chi connectivity index (χ0) is 16.2. The number of benzene rings is 1. The van der Waals surface area contributed by atoms with Gasteiger partial charge in [-0.2, -0.15) is 8.78 Å². The molecular formula is C12H13F4NO4. The quantitative estimate of drug-likeness (QED) is 0.463. The topological polar surface area (TPSA) is 81.8 Å². The number of esters is 1. The molecule has 0 saturated carbocycles. The molecule has 2 unspecified atom stereocenters. The number of hydrogen-bond acceptors (Lipinski definition) is 5. The molecule has 0 aliphatic heterocycles. The first kappa shape index (κ1) is 17.2. The molecule has 118 valence electrons. The fraction of sp³-hybridized carbons (Fsp3) is 0.417. The van der Waals surface area contributed by atoms with Crippen molar-refractivity contribution in [1.29, 1.82) is 0 Å². The molecule has 1 rings (SSSR count). The number of aliphatic hydroxyl groups is 1. The summed E-state index contributed by atoms with van der Waals surface area (Å²) in [6.45, 7) is -0.769. The summed E-state index contributed by atoms with van der Waals surface area (Å²) in [7, 11) is 1.11. The summed E-state index contributed by atoms with van der Waals surface area (Å²) >= 11 is 0. The largest absolute Gasteiger partial charge is 0.485 e. The molecule has 1 aromatic rings. The van der Waals surface area contributed by atoms with E-state index in [1.165, 1.54) is 0 Å². The SMILES string of the molecule is COC(=O)CC(N)C(O)COc1c(F)c(F)cc(F)c1F. The van der Waals surface area contributed by atoms with Gasteiger partial charge in [0.2, 0.25) is 11.6 Å². The van der Waals surface area contributed by atoms with E-state index < -0.39 is 53.7 Å². The van der Waals surface area contributed by atoms with Crippen molar-refractivity contribution in [1.82, 2.24) is 0 Å². The number of hydrogen-bond donors (Lipinski definition) is 2. The molecule has 0 amide bonds. The Labute approximate surface area is 117 Å². The van der Waals surface area contributed by atoms with Crippen molar-refractivity contribution in [3.8, 4) is 5.75 Å². The molecule has 21 heavy (non-hydrogen) atoms. The Morgan fingerprint density at radius 3 is 2.29 bits per heavy atom. The van der Waals surface area contributed by atoms with Gasteiger partial charge >= 0.3 is 5.97 Å². The third kappa shape index (κ3) is 4.30. The minimum Gasteiger partial charge on any atom is -0.485 e. The van der Waals surface area contributed by atoms with E-state index in [1.54, 1.807) is 0 Å². The first-order chi connectivity index (χ1) is 9.77. The molecule has 0 aliphatic carbocycles. The molecule has 0 radical (unpaired) electrons. The third-order valence-electron chi connectivity index (χ3n) is 2.59. The van der Waals surface area contributed by atoms with Crippen molar-refractivity contribution in [2.45, 2.75) is 18.6 Å². The van der Waals surface area contributed by atoms with Gasteiger partial charge in [0.25, 0.3) is 0 Å².